The highest BCUT2D eigenvalue weighted by Crippen LogP contribution is 2.29. The van der Waals surface area contributed by atoms with Crippen molar-refractivity contribution in [1.29, 1.82) is 0 Å². The molecule has 0 fully saturated rings. The smallest absolute Gasteiger partial charge is 0.416 e. The second kappa shape index (κ2) is 5.82. The van der Waals surface area contributed by atoms with Crippen LogP contribution < -0.4 is 5.56 Å². The minimum absolute atomic E-state index is 0.0607. The van der Waals surface area contributed by atoms with E-state index in [1.165, 1.54) is 30.3 Å². The third-order valence-corrected chi connectivity index (χ3v) is 2.61. The Bertz CT molecular complexity index is 707. The summed E-state index contributed by atoms with van der Waals surface area (Å²) < 4.78 is 42.4. The predicted octanol–water partition coefficient (Wildman–Crippen LogP) is 2.75. The van der Waals surface area contributed by atoms with E-state index < -0.39 is 23.3 Å². The number of benzene rings is 1. The predicted molar refractivity (Wildman–Crippen MR) is 67.6 cm³/mol. The van der Waals surface area contributed by atoms with E-state index in [9.17, 15) is 22.8 Å². The molecule has 110 valence electrons. The van der Waals surface area contributed by atoms with E-state index in [0.29, 0.717) is 0 Å². The normalized spacial score (nSPS) is 11.2. The number of H-pyrrole nitrogens is 1. The Morgan fingerprint density at radius 1 is 1.14 bits per heavy atom. The Hall–Kier alpha value is -2.57. The van der Waals surface area contributed by atoms with Crippen LogP contribution in [0.1, 0.15) is 21.6 Å². The van der Waals surface area contributed by atoms with Crippen molar-refractivity contribution in [2.24, 2.45) is 0 Å². The molecule has 1 heterocycles. The van der Waals surface area contributed by atoms with Gasteiger partial charge >= 0.3 is 12.1 Å². The number of carbonyl (C=O) groups is 1. The Labute approximate surface area is 117 Å². The molecule has 4 nitrogen and oxygen atoms in total. The summed E-state index contributed by atoms with van der Waals surface area (Å²) >= 11 is 0. The number of ether oxygens (including phenoxy) is 1. The summed E-state index contributed by atoms with van der Waals surface area (Å²) in [6, 6.07) is 8.42. The lowest BCUT2D eigenvalue weighted by Crippen LogP contribution is -2.14. The third-order valence-electron chi connectivity index (χ3n) is 2.61. The maximum Gasteiger partial charge on any atom is 0.416 e. The standard InChI is InChI=1S/C14H10F3NO3/c15-14(16,17)10-4-1-3-9(7-10)8-21-13(20)11-5-2-6-12(19)18-11/h1-7H,8H2,(H,18,19). The molecule has 0 radical (unpaired) electrons. The molecular formula is C14H10F3NO3. The zero-order valence-electron chi connectivity index (χ0n) is 10.6. The number of aromatic nitrogens is 1. The van der Waals surface area contributed by atoms with Gasteiger partial charge in [0, 0.05) is 6.07 Å². The Morgan fingerprint density at radius 2 is 1.86 bits per heavy atom. The lowest BCUT2D eigenvalue weighted by molar-refractivity contribution is -0.137. The molecule has 0 aliphatic heterocycles. The molecule has 0 unspecified atom stereocenters. The molecule has 7 heteroatoms. The summed E-state index contributed by atoms with van der Waals surface area (Å²) in [5, 5.41) is 0. The molecule has 0 spiro atoms. The lowest BCUT2D eigenvalue weighted by Gasteiger charge is -2.09. The average molecular weight is 297 g/mol. The topological polar surface area (TPSA) is 59.2 Å². The summed E-state index contributed by atoms with van der Waals surface area (Å²) in [5.41, 5.74) is -1.14. The summed E-state index contributed by atoms with van der Waals surface area (Å²) in [6.45, 7) is -0.320. The van der Waals surface area contributed by atoms with Crippen molar-refractivity contribution >= 4 is 5.97 Å². The number of alkyl halides is 3. The number of carbonyl (C=O) groups excluding carboxylic acids is 1. The second-order valence-electron chi connectivity index (χ2n) is 4.20. The van der Waals surface area contributed by atoms with E-state index in [1.807, 2.05) is 0 Å². The van der Waals surface area contributed by atoms with Crippen molar-refractivity contribution in [3.8, 4) is 0 Å². The summed E-state index contributed by atoms with van der Waals surface area (Å²) in [7, 11) is 0. The Balaban J connectivity index is 2.07. The van der Waals surface area contributed by atoms with E-state index in [0.717, 1.165) is 12.1 Å². The van der Waals surface area contributed by atoms with E-state index in [-0.39, 0.29) is 17.9 Å². The largest absolute Gasteiger partial charge is 0.456 e. The minimum atomic E-state index is -4.45. The van der Waals surface area contributed by atoms with Crippen LogP contribution in [0.2, 0.25) is 0 Å². The quantitative estimate of drug-likeness (QED) is 0.886. The maximum absolute atomic E-state index is 12.5. The zero-order chi connectivity index (χ0) is 15.5. The number of hydrogen-bond donors (Lipinski definition) is 1. The fourth-order valence-electron chi connectivity index (χ4n) is 1.63. The van der Waals surface area contributed by atoms with Crippen LogP contribution in [0, 0.1) is 0 Å². The molecule has 0 amide bonds. The van der Waals surface area contributed by atoms with E-state index in [2.05, 4.69) is 4.98 Å². The van der Waals surface area contributed by atoms with Gasteiger partial charge in [0.1, 0.15) is 12.3 Å². The van der Waals surface area contributed by atoms with Gasteiger partial charge in [0.15, 0.2) is 0 Å². The molecule has 2 rings (SSSR count). The van der Waals surface area contributed by atoms with Crippen molar-refractivity contribution in [2.75, 3.05) is 0 Å². The van der Waals surface area contributed by atoms with Gasteiger partial charge in [0.25, 0.3) is 0 Å². The van der Waals surface area contributed by atoms with Crippen molar-refractivity contribution in [3.05, 3.63) is 69.6 Å². The van der Waals surface area contributed by atoms with Crippen LogP contribution in [0.25, 0.3) is 0 Å². The molecule has 0 bridgehead atoms. The van der Waals surface area contributed by atoms with E-state index >= 15 is 0 Å². The van der Waals surface area contributed by atoms with Gasteiger partial charge in [0.05, 0.1) is 5.56 Å². The molecule has 1 aromatic carbocycles. The molecule has 0 aliphatic rings. The van der Waals surface area contributed by atoms with E-state index in [1.54, 1.807) is 0 Å². The highest BCUT2D eigenvalue weighted by molar-refractivity contribution is 5.87. The highest BCUT2D eigenvalue weighted by Gasteiger charge is 2.30. The van der Waals surface area contributed by atoms with Crippen LogP contribution in [0.3, 0.4) is 0 Å². The summed E-state index contributed by atoms with van der Waals surface area (Å²) in [4.78, 5) is 24.9. The SMILES string of the molecule is O=C(OCc1cccc(C(F)(F)F)c1)c1cccc(=O)[nH]1. The molecule has 0 atom stereocenters. The van der Waals surface area contributed by atoms with Crippen LogP contribution in [0.15, 0.2) is 47.3 Å². The molecule has 0 aliphatic carbocycles. The highest BCUT2D eigenvalue weighted by atomic mass is 19.4. The Kier molecular flexibility index (Phi) is 4.11. The van der Waals surface area contributed by atoms with Gasteiger partial charge in [-0.3, -0.25) is 4.79 Å². The van der Waals surface area contributed by atoms with Crippen LogP contribution in [-0.2, 0) is 17.5 Å². The number of aromatic amines is 1. The number of hydrogen-bond acceptors (Lipinski definition) is 3. The first-order valence-electron chi connectivity index (χ1n) is 5.89. The van der Waals surface area contributed by atoms with Crippen LogP contribution in [0.5, 0.6) is 0 Å². The maximum atomic E-state index is 12.5. The van der Waals surface area contributed by atoms with Crippen molar-refractivity contribution in [3.63, 3.8) is 0 Å². The first kappa shape index (κ1) is 14.8. The Morgan fingerprint density at radius 3 is 2.52 bits per heavy atom. The number of pyridine rings is 1. The number of esters is 1. The number of rotatable bonds is 3. The van der Waals surface area contributed by atoms with Crippen LogP contribution >= 0.6 is 0 Å². The molecule has 0 saturated heterocycles. The summed E-state index contributed by atoms with van der Waals surface area (Å²) in [6.07, 6.45) is -4.45. The molecule has 2 aromatic rings. The van der Waals surface area contributed by atoms with Crippen molar-refractivity contribution < 1.29 is 22.7 Å². The number of nitrogens with one attached hydrogen (secondary N) is 1. The molecule has 0 saturated carbocycles. The van der Waals surface area contributed by atoms with Gasteiger partial charge in [-0.15, -0.1) is 0 Å². The molecular weight excluding hydrogens is 287 g/mol. The van der Waals surface area contributed by atoms with Crippen molar-refractivity contribution in [2.45, 2.75) is 12.8 Å². The average Bonchev–Trinajstić information content (AvgIpc) is 2.44. The van der Waals surface area contributed by atoms with E-state index in [4.69, 9.17) is 4.74 Å². The molecule has 1 N–H and O–H groups in total. The van der Waals surface area contributed by atoms with Gasteiger partial charge in [0.2, 0.25) is 5.56 Å². The van der Waals surface area contributed by atoms with Gasteiger partial charge in [-0.25, -0.2) is 4.79 Å². The lowest BCUT2D eigenvalue weighted by atomic mass is 10.1. The van der Waals surface area contributed by atoms with Gasteiger partial charge in [-0.1, -0.05) is 18.2 Å². The zero-order valence-corrected chi connectivity index (χ0v) is 10.6. The van der Waals surface area contributed by atoms with Gasteiger partial charge in [-0.05, 0) is 23.8 Å². The minimum Gasteiger partial charge on any atom is -0.456 e. The van der Waals surface area contributed by atoms with Crippen LogP contribution in [0.4, 0.5) is 13.2 Å². The molecule has 1 aromatic heterocycles. The monoisotopic (exact) mass is 297 g/mol. The fraction of sp³-hybridized carbons (Fsp3) is 0.143. The number of halogens is 3. The first-order chi connectivity index (χ1) is 9.86. The third kappa shape index (κ3) is 3.95. The fourth-order valence-corrected chi connectivity index (χ4v) is 1.63. The summed E-state index contributed by atoms with van der Waals surface area (Å²) in [5.74, 6) is -0.815. The second-order valence-corrected chi connectivity index (χ2v) is 4.20. The van der Waals surface area contributed by atoms with Crippen LogP contribution in [-0.4, -0.2) is 11.0 Å². The molecule has 21 heavy (non-hydrogen) atoms. The van der Waals surface area contributed by atoms with Gasteiger partial charge in [-0.2, -0.15) is 13.2 Å². The van der Waals surface area contributed by atoms with Crippen molar-refractivity contribution in [1.82, 2.24) is 4.98 Å². The first-order valence-corrected chi connectivity index (χ1v) is 5.89. The van der Waals surface area contributed by atoms with Gasteiger partial charge < -0.3 is 9.72 Å².